The number of nitrogens with zero attached hydrogens (tertiary/aromatic N) is 3. The Labute approximate surface area is 153 Å². The first-order valence-electron chi connectivity index (χ1n) is 8.30. The van der Waals surface area contributed by atoms with Crippen LogP contribution in [0.25, 0.3) is 5.69 Å². The van der Waals surface area contributed by atoms with E-state index < -0.39 is 0 Å². The van der Waals surface area contributed by atoms with Crippen molar-refractivity contribution in [2.45, 2.75) is 39.2 Å². The Kier molecular flexibility index (Phi) is 6.19. The number of amides is 1. The summed E-state index contributed by atoms with van der Waals surface area (Å²) in [6, 6.07) is 6.40. The summed E-state index contributed by atoms with van der Waals surface area (Å²) >= 11 is 0. The predicted molar refractivity (Wildman–Crippen MR) is 97.7 cm³/mol. The van der Waals surface area contributed by atoms with Crippen LogP contribution in [0.1, 0.15) is 29.8 Å². The van der Waals surface area contributed by atoms with Gasteiger partial charge in [-0.3, -0.25) is 4.79 Å². The van der Waals surface area contributed by atoms with Crippen molar-refractivity contribution in [3.8, 4) is 5.69 Å². The quantitative estimate of drug-likeness (QED) is 0.907. The molecule has 1 amide bonds. The minimum Gasteiger partial charge on any atom is -0.342 e. The van der Waals surface area contributed by atoms with Crippen molar-refractivity contribution in [2.75, 3.05) is 13.1 Å². The largest absolute Gasteiger partial charge is 0.342 e. The molecule has 0 radical (unpaired) electrons. The topological polar surface area (TPSA) is 64.2 Å². The van der Waals surface area contributed by atoms with Gasteiger partial charge in [0.15, 0.2) is 0 Å². The van der Waals surface area contributed by atoms with Crippen LogP contribution in [0.2, 0.25) is 0 Å². The molecular weight excluding hydrogens is 343 g/mol. The molecule has 1 aliphatic heterocycles. The van der Waals surface area contributed by atoms with Gasteiger partial charge in [0.25, 0.3) is 0 Å². The van der Waals surface area contributed by atoms with Crippen molar-refractivity contribution in [2.24, 2.45) is 5.73 Å². The van der Waals surface area contributed by atoms with Crippen LogP contribution in [0.3, 0.4) is 0 Å². The Morgan fingerprint density at radius 2 is 1.84 bits per heavy atom. The first-order valence-corrected chi connectivity index (χ1v) is 8.30. The van der Waals surface area contributed by atoms with Crippen LogP contribution in [0.5, 0.6) is 0 Å². The fraction of sp³-hybridized carbons (Fsp3) is 0.444. The maximum absolute atomic E-state index is 13.1. The van der Waals surface area contributed by atoms with Gasteiger partial charge in [-0.05, 0) is 51.0 Å². The molecule has 136 valence electrons. The lowest BCUT2D eigenvalue weighted by Gasteiger charge is -2.30. The highest BCUT2D eigenvalue weighted by Crippen LogP contribution is 2.20. The molecule has 0 aliphatic carbocycles. The average Bonchev–Trinajstić information content (AvgIpc) is 2.84. The molecule has 0 saturated carbocycles. The number of piperidine rings is 1. The molecule has 0 bridgehead atoms. The van der Waals surface area contributed by atoms with E-state index >= 15 is 0 Å². The molecule has 1 fully saturated rings. The number of carbonyl (C=O) groups excluding carboxylic acids is 1. The van der Waals surface area contributed by atoms with Gasteiger partial charge in [-0.2, -0.15) is 5.10 Å². The number of hydrogen-bond donors (Lipinski definition) is 1. The molecule has 5 nitrogen and oxygen atoms in total. The third-order valence-electron chi connectivity index (χ3n) is 4.73. The van der Waals surface area contributed by atoms with Gasteiger partial charge in [0, 0.05) is 30.4 Å². The van der Waals surface area contributed by atoms with Gasteiger partial charge in [0.05, 0.1) is 17.8 Å². The van der Waals surface area contributed by atoms with Crippen LogP contribution in [0.15, 0.2) is 24.3 Å². The van der Waals surface area contributed by atoms with Crippen LogP contribution >= 0.6 is 12.4 Å². The van der Waals surface area contributed by atoms with Crippen LogP contribution in [0.4, 0.5) is 4.39 Å². The summed E-state index contributed by atoms with van der Waals surface area (Å²) in [5, 5.41) is 4.52. The maximum atomic E-state index is 13.1. The zero-order chi connectivity index (χ0) is 17.3. The standard InChI is InChI=1S/C18H23FN4O.ClH/c1-12-17(11-18(24)22-9-7-15(20)8-10-22)13(2)23(21-12)16-5-3-14(19)4-6-16;/h3-6,15H,7-11,20H2,1-2H3;1H. The lowest BCUT2D eigenvalue weighted by Crippen LogP contribution is -2.43. The first-order chi connectivity index (χ1) is 11.5. The maximum Gasteiger partial charge on any atom is 0.227 e. The molecule has 25 heavy (non-hydrogen) atoms. The number of benzene rings is 1. The highest BCUT2D eigenvalue weighted by atomic mass is 35.5. The number of halogens is 2. The van der Waals surface area contributed by atoms with E-state index in [9.17, 15) is 9.18 Å². The SMILES string of the molecule is Cc1nn(-c2ccc(F)cc2)c(C)c1CC(=O)N1CCC(N)CC1.Cl. The van der Waals surface area contributed by atoms with Crippen molar-refractivity contribution < 1.29 is 9.18 Å². The normalized spacial score (nSPS) is 15.1. The second kappa shape index (κ2) is 7.97. The van der Waals surface area contributed by atoms with E-state index in [2.05, 4.69) is 5.10 Å². The average molecular weight is 367 g/mol. The van der Waals surface area contributed by atoms with Gasteiger partial charge in [-0.1, -0.05) is 0 Å². The molecule has 2 heterocycles. The summed E-state index contributed by atoms with van der Waals surface area (Å²) in [5.41, 5.74) is 9.38. The van der Waals surface area contributed by atoms with E-state index in [4.69, 9.17) is 5.73 Å². The summed E-state index contributed by atoms with van der Waals surface area (Å²) in [5.74, 6) is -0.161. The fourth-order valence-electron chi connectivity index (χ4n) is 3.18. The molecule has 1 aromatic heterocycles. The van der Waals surface area contributed by atoms with E-state index in [1.54, 1.807) is 16.8 Å². The molecule has 2 aromatic rings. The number of aromatic nitrogens is 2. The summed E-state index contributed by atoms with van der Waals surface area (Å²) in [6.07, 6.45) is 2.06. The van der Waals surface area contributed by atoms with Crippen LogP contribution in [0, 0.1) is 19.7 Å². The molecule has 0 unspecified atom stereocenters. The second-order valence-corrected chi connectivity index (χ2v) is 6.43. The Hall–Kier alpha value is -1.92. The lowest BCUT2D eigenvalue weighted by molar-refractivity contribution is -0.131. The van der Waals surface area contributed by atoms with Crippen LogP contribution < -0.4 is 5.73 Å². The summed E-state index contributed by atoms with van der Waals surface area (Å²) in [6.45, 7) is 5.30. The smallest absolute Gasteiger partial charge is 0.227 e. The second-order valence-electron chi connectivity index (χ2n) is 6.43. The van der Waals surface area contributed by atoms with E-state index in [0.29, 0.717) is 6.42 Å². The molecule has 1 aliphatic rings. The van der Waals surface area contributed by atoms with Crippen molar-refractivity contribution in [1.82, 2.24) is 14.7 Å². The van der Waals surface area contributed by atoms with E-state index in [1.807, 2.05) is 18.7 Å². The third-order valence-corrected chi connectivity index (χ3v) is 4.73. The van der Waals surface area contributed by atoms with Gasteiger partial charge in [0.1, 0.15) is 5.82 Å². The number of carbonyl (C=O) groups is 1. The van der Waals surface area contributed by atoms with Gasteiger partial charge < -0.3 is 10.6 Å². The summed E-state index contributed by atoms with van der Waals surface area (Å²) in [4.78, 5) is 14.5. The molecular formula is C18H24ClFN4O. The van der Waals surface area contributed by atoms with E-state index in [0.717, 1.165) is 48.6 Å². The fourth-order valence-corrected chi connectivity index (χ4v) is 3.18. The Bertz CT molecular complexity index is 736. The zero-order valence-electron chi connectivity index (χ0n) is 14.5. The summed E-state index contributed by atoms with van der Waals surface area (Å²) in [7, 11) is 0. The number of likely N-dealkylation sites (tertiary alicyclic amines) is 1. The van der Waals surface area contributed by atoms with E-state index in [1.165, 1.54) is 12.1 Å². The monoisotopic (exact) mass is 366 g/mol. The predicted octanol–water partition coefficient (Wildman–Crippen LogP) is 2.54. The Morgan fingerprint density at radius 3 is 2.44 bits per heavy atom. The molecule has 1 saturated heterocycles. The molecule has 0 spiro atoms. The Morgan fingerprint density at radius 1 is 1.24 bits per heavy atom. The third kappa shape index (κ3) is 4.19. The number of rotatable bonds is 3. The Balaban J connectivity index is 0.00000225. The van der Waals surface area contributed by atoms with Gasteiger partial charge in [-0.15, -0.1) is 12.4 Å². The van der Waals surface area contributed by atoms with Crippen molar-refractivity contribution in [3.05, 3.63) is 47.0 Å². The molecule has 7 heteroatoms. The lowest BCUT2D eigenvalue weighted by atomic mass is 10.0. The molecule has 2 N–H and O–H groups in total. The molecule has 1 aromatic carbocycles. The van der Waals surface area contributed by atoms with Crippen LogP contribution in [-0.2, 0) is 11.2 Å². The van der Waals surface area contributed by atoms with E-state index in [-0.39, 0.29) is 30.2 Å². The minimum atomic E-state index is -0.279. The van der Waals surface area contributed by atoms with Gasteiger partial charge in [-0.25, -0.2) is 9.07 Å². The number of aryl methyl sites for hydroxylation is 1. The highest BCUT2D eigenvalue weighted by molar-refractivity contribution is 5.85. The van der Waals surface area contributed by atoms with Crippen LogP contribution in [-0.4, -0.2) is 39.7 Å². The van der Waals surface area contributed by atoms with Gasteiger partial charge in [0.2, 0.25) is 5.91 Å². The number of nitrogens with two attached hydrogens (primary N) is 1. The van der Waals surface area contributed by atoms with Crippen molar-refractivity contribution in [3.63, 3.8) is 0 Å². The number of hydrogen-bond acceptors (Lipinski definition) is 3. The van der Waals surface area contributed by atoms with Gasteiger partial charge >= 0.3 is 0 Å². The summed E-state index contributed by atoms with van der Waals surface area (Å²) < 4.78 is 14.9. The molecule has 0 atom stereocenters. The zero-order valence-corrected chi connectivity index (χ0v) is 15.4. The first kappa shape index (κ1) is 19.4. The van der Waals surface area contributed by atoms with Crippen molar-refractivity contribution >= 4 is 18.3 Å². The minimum absolute atomic E-state index is 0. The molecule has 3 rings (SSSR count). The van der Waals surface area contributed by atoms with Crippen molar-refractivity contribution in [1.29, 1.82) is 0 Å². The highest BCUT2D eigenvalue weighted by Gasteiger charge is 2.23.